The average Bonchev–Trinajstić information content (AvgIpc) is 3.00. The molecule has 1 aromatic carbocycles. The van der Waals surface area contributed by atoms with Crippen LogP contribution < -0.4 is 10.1 Å². The Morgan fingerprint density at radius 1 is 1.30 bits per heavy atom. The van der Waals surface area contributed by atoms with Gasteiger partial charge in [0.2, 0.25) is 0 Å². The van der Waals surface area contributed by atoms with Crippen LogP contribution in [0.5, 0.6) is 5.75 Å². The number of halogens is 3. The zero-order valence-electron chi connectivity index (χ0n) is 12.7. The maximum atomic E-state index is 13.6. The maximum Gasteiger partial charge on any atom is 0.141 e. The van der Waals surface area contributed by atoms with Crippen molar-refractivity contribution in [2.75, 3.05) is 13.1 Å². The standard InChI is InChI=1S/C17H17Cl2FN2O/c1-10-4-13(18)6-15(19)16(10)23-17(11-2-3-21-7-11)12-5-14(20)9-22-8-12/h4-6,8-9,11,17,21H,2-3,7H2,1H3. The SMILES string of the molecule is Cc1cc(Cl)cc(Cl)c1OC(c1cncc(F)c1)C1CCNC1. The van der Waals surface area contributed by atoms with Gasteiger partial charge < -0.3 is 10.1 Å². The molecule has 1 N–H and O–H groups in total. The van der Waals surface area contributed by atoms with Crippen molar-refractivity contribution in [2.45, 2.75) is 19.4 Å². The second kappa shape index (κ2) is 7.04. The van der Waals surface area contributed by atoms with Gasteiger partial charge in [-0.25, -0.2) is 4.39 Å². The van der Waals surface area contributed by atoms with Crippen LogP contribution in [0.15, 0.2) is 30.6 Å². The summed E-state index contributed by atoms with van der Waals surface area (Å²) in [6.45, 7) is 3.62. The van der Waals surface area contributed by atoms with E-state index in [-0.39, 0.29) is 17.8 Å². The van der Waals surface area contributed by atoms with E-state index >= 15 is 0 Å². The molecule has 0 saturated carbocycles. The van der Waals surface area contributed by atoms with Crippen molar-refractivity contribution in [3.05, 3.63) is 57.6 Å². The number of hydrogen-bond donors (Lipinski definition) is 1. The Hall–Kier alpha value is -1.36. The van der Waals surface area contributed by atoms with Gasteiger partial charge in [-0.1, -0.05) is 23.2 Å². The van der Waals surface area contributed by atoms with E-state index in [0.717, 1.165) is 25.1 Å². The van der Waals surface area contributed by atoms with Crippen LogP contribution in [-0.2, 0) is 0 Å². The molecule has 3 rings (SSSR count). The smallest absolute Gasteiger partial charge is 0.141 e. The molecule has 0 bridgehead atoms. The third kappa shape index (κ3) is 3.77. The molecule has 1 aliphatic heterocycles. The van der Waals surface area contributed by atoms with E-state index in [1.165, 1.54) is 12.3 Å². The number of ether oxygens (including phenoxy) is 1. The third-order valence-electron chi connectivity index (χ3n) is 4.02. The Morgan fingerprint density at radius 3 is 2.78 bits per heavy atom. The Balaban J connectivity index is 1.96. The quantitative estimate of drug-likeness (QED) is 0.873. The highest BCUT2D eigenvalue weighted by Gasteiger charge is 2.29. The van der Waals surface area contributed by atoms with Crippen molar-refractivity contribution in [3.63, 3.8) is 0 Å². The largest absolute Gasteiger partial charge is 0.483 e. The molecule has 0 spiro atoms. The van der Waals surface area contributed by atoms with Crippen LogP contribution in [0.3, 0.4) is 0 Å². The topological polar surface area (TPSA) is 34.1 Å². The zero-order valence-corrected chi connectivity index (χ0v) is 14.2. The molecule has 2 unspecified atom stereocenters. The van der Waals surface area contributed by atoms with E-state index in [2.05, 4.69) is 10.3 Å². The molecule has 0 aliphatic carbocycles. The fourth-order valence-corrected chi connectivity index (χ4v) is 3.56. The highest BCUT2D eigenvalue weighted by Crippen LogP contribution is 2.38. The molecule has 1 aromatic heterocycles. The minimum atomic E-state index is -0.374. The first kappa shape index (κ1) is 16.5. The van der Waals surface area contributed by atoms with E-state index in [4.69, 9.17) is 27.9 Å². The summed E-state index contributed by atoms with van der Waals surface area (Å²) in [7, 11) is 0. The van der Waals surface area contributed by atoms with Crippen molar-refractivity contribution in [1.29, 1.82) is 0 Å². The van der Waals surface area contributed by atoms with E-state index in [1.807, 2.05) is 6.92 Å². The van der Waals surface area contributed by atoms with Crippen molar-refractivity contribution in [1.82, 2.24) is 10.3 Å². The van der Waals surface area contributed by atoms with Crippen molar-refractivity contribution < 1.29 is 9.13 Å². The third-order valence-corrected chi connectivity index (χ3v) is 4.52. The molecule has 122 valence electrons. The van der Waals surface area contributed by atoms with Crippen molar-refractivity contribution >= 4 is 23.2 Å². The summed E-state index contributed by atoms with van der Waals surface area (Å²) in [4.78, 5) is 3.95. The number of benzene rings is 1. The number of nitrogens with one attached hydrogen (secondary N) is 1. The minimum Gasteiger partial charge on any atom is -0.483 e. The van der Waals surface area contributed by atoms with Gasteiger partial charge >= 0.3 is 0 Å². The molecule has 0 amide bonds. The number of nitrogens with zero attached hydrogens (tertiary/aromatic N) is 1. The molecule has 1 aliphatic rings. The van der Waals surface area contributed by atoms with E-state index in [0.29, 0.717) is 21.4 Å². The summed E-state index contributed by atoms with van der Waals surface area (Å²) in [6, 6.07) is 4.92. The number of aryl methyl sites for hydroxylation is 1. The highest BCUT2D eigenvalue weighted by molar-refractivity contribution is 6.35. The summed E-state index contributed by atoms with van der Waals surface area (Å²) in [5.41, 5.74) is 1.56. The number of pyridine rings is 1. The lowest BCUT2D eigenvalue weighted by Gasteiger charge is -2.26. The molecule has 23 heavy (non-hydrogen) atoms. The van der Waals surface area contributed by atoms with Gasteiger partial charge in [0.1, 0.15) is 17.7 Å². The van der Waals surface area contributed by atoms with Crippen LogP contribution in [0, 0.1) is 18.7 Å². The van der Waals surface area contributed by atoms with E-state index < -0.39 is 0 Å². The normalized spacial score (nSPS) is 18.9. The first-order chi connectivity index (χ1) is 11.0. The second-order valence-corrected chi connectivity index (χ2v) is 6.61. The molecule has 2 atom stereocenters. The molecular formula is C17H17Cl2FN2O. The zero-order chi connectivity index (χ0) is 16.4. The van der Waals surface area contributed by atoms with Crippen molar-refractivity contribution in [3.8, 4) is 5.75 Å². The highest BCUT2D eigenvalue weighted by atomic mass is 35.5. The first-order valence-corrected chi connectivity index (χ1v) is 8.23. The Bertz CT molecular complexity index is 682. The minimum absolute atomic E-state index is 0.227. The van der Waals surface area contributed by atoms with Crippen LogP contribution in [0.1, 0.15) is 23.7 Å². The van der Waals surface area contributed by atoms with Crippen LogP contribution in [0.4, 0.5) is 4.39 Å². The molecular weight excluding hydrogens is 338 g/mol. The fraction of sp³-hybridized carbons (Fsp3) is 0.353. The van der Waals surface area contributed by atoms with E-state index in [1.54, 1.807) is 18.3 Å². The van der Waals surface area contributed by atoms with Gasteiger partial charge in [-0.2, -0.15) is 0 Å². The van der Waals surface area contributed by atoms with Gasteiger partial charge in [0.05, 0.1) is 11.2 Å². The molecule has 3 nitrogen and oxygen atoms in total. The Morgan fingerprint density at radius 2 is 2.13 bits per heavy atom. The predicted molar refractivity (Wildman–Crippen MR) is 89.7 cm³/mol. The van der Waals surface area contributed by atoms with Crippen LogP contribution >= 0.6 is 23.2 Å². The molecule has 2 aromatic rings. The summed E-state index contributed by atoms with van der Waals surface area (Å²) in [5.74, 6) is 0.433. The van der Waals surface area contributed by atoms with Gasteiger partial charge in [0.25, 0.3) is 0 Å². The van der Waals surface area contributed by atoms with Crippen LogP contribution in [0.25, 0.3) is 0 Å². The Labute approximate surface area is 144 Å². The van der Waals surface area contributed by atoms with Gasteiger partial charge in [-0.15, -0.1) is 0 Å². The first-order valence-electron chi connectivity index (χ1n) is 7.48. The number of rotatable bonds is 4. The Kier molecular flexibility index (Phi) is 5.05. The predicted octanol–water partition coefficient (Wildman–Crippen LogP) is 4.57. The van der Waals surface area contributed by atoms with Gasteiger partial charge in [-0.05, 0) is 43.7 Å². The summed E-state index contributed by atoms with van der Waals surface area (Å²) in [5, 5.41) is 4.33. The lowest BCUT2D eigenvalue weighted by atomic mass is 9.95. The van der Waals surface area contributed by atoms with Gasteiger partial charge in [0, 0.05) is 29.2 Å². The maximum absolute atomic E-state index is 13.6. The molecule has 6 heteroatoms. The second-order valence-electron chi connectivity index (χ2n) is 5.76. The van der Waals surface area contributed by atoms with Crippen LogP contribution in [0.2, 0.25) is 10.0 Å². The van der Waals surface area contributed by atoms with E-state index in [9.17, 15) is 4.39 Å². The van der Waals surface area contributed by atoms with Crippen LogP contribution in [-0.4, -0.2) is 18.1 Å². The molecule has 1 saturated heterocycles. The summed E-state index contributed by atoms with van der Waals surface area (Å²) >= 11 is 12.3. The number of aromatic nitrogens is 1. The summed E-state index contributed by atoms with van der Waals surface area (Å²) < 4.78 is 19.8. The van der Waals surface area contributed by atoms with Gasteiger partial charge in [0.15, 0.2) is 0 Å². The molecule has 2 heterocycles. The monoisotopic (exact) mass is 354 g/mol. The molecule has 0 radical (unpaired) electrons. The summed E-state index contributed by atoms with van der Waals surface area (Å²) in [6.07, 6.45) is 3.47. The van der Waals surface area contributed by atoms with Gasteiger partial charge in [-0.3, -0.25) is 4.98 Å². The fourth-order valence-electron chi connectivity index (χ4n) is 2.92. The lowest BCUT2D eigenvalue weighted by molar-refractivity contribution is 0.143. The number of hydrogen-bond acceptors (Lipinski definition) is 3. The average molecular weight is 355 g/mol. The molecule has 1 fully saturated rings. The lowest BCUT2D eigenvalue weighted by Crippen LogP contribution is -2.22. The van der Waals surface area contributed by atoms with Crippen molar-refractivity contribution in [2.24, 2.45) is 5.92 Å².